The van der Waals surface area contributed by atoms with Crippen LogP contribution in [0, 0.1) is 0 Å². The van der Waals surface area contributed by atoms with E-state index < -0.39 is 0 Å². The zero-order valence-electron chi connectivity index (χ0n) is 13.1. The number of hydrazone groups is 1. The maximum atomic E-state index is 4.62. The van der Waals surface area contributed by atoms with Crippen molar-refractivity contribution in [3.05, 3.63) is 60.5 Å². The summed E-state index contributed by atoms with van der Waals surface area (Å²) in [6.07, 6.45) is 3.76. The van der Waals surface area contributed by atoms with Crippen molar-refractivity contribution in [1.29, 1.82) is 0 Å². The average molecular weight is 321 g/mol. The highest BCUT2D eigenvalue weighted by atomic mass is 32.1. The van der Waals surface area contributed by atoms with Crippen LogP contribution < -0.4 is 5.43 Å². The molecule has 2 aromatic carbocycles. The Labute approximate surface area is 140 Å². The van der Waals surface area contributed by atoms with Crippen molar-refractivity contribution in [2.75, 3.05) is 5.43 Å². The van der Waals surface area contributed by atoms with Gasteiger partial charge in [-0.3, -0.25) is 5.43 Å². The van der Waals surface area contributed by atoms with Gasteiger partial charge in [-0.1, -0.05) is 42.5 Å². The quantitative estimate of drug-likeness (QED) is 0.358. The predicted octanol–water partition coefficient (Wildman–Crippen LogP) is 5.72. The van der Waals surface area contributed by atoms with Gasteiger partial charge in [0.05, 0.1) is 5.69 Å². The number of benzene rings is 2. The minimum atomic E-state index is 0.811. The second-order valence-electron chi connectivity index (χ2n) is 5.39. The molecule has 23 heavy (non-hydrogen) atoms. The number of aromatic nitrogens is 1. The lowest BCUT2D eigenvalue weighted by molar-refractivity contribution is 1.08. The van der Waals surface area contributed by atoms with Crippen LogP contribution in [-0.2, 0) is 0 Å². The molecule has 0 saturated carbocycles. The zero-order valence-corrected chi connectivity index (χ0v) is 13.9. The van der Waals surface area contributed by atoms with E-state index in [2.05, 4.69) is 69.9 Å². The number of anilines is 1. The molecule has 3 rings (SSSR count). The maximum absolute atomic E-state index is 4.62. The Bertz CT molecular complexity index is 848. The molecule has 4 heteroatoms. The fourth-order valence-electron chi connectivity index (χ4n) is 2.32. The van der Waals surface area contributed by atoms with Gasteiger partial charge in [-0.05, 0) is 36.6 Å². The summed E-state index contributed by atoms with van der Waals surface area (Å²) in [5.41, 5.74) is 6.19. The van der Waals surface area contributed by atoms with Crippen LogP contribution in [0.1, 0.15) is 19.8 Å². The SMILES string of the molecule is C=CCC/C(C)=N\Nc1nc(-c2ccc3ccccc3c2)cs1. The zero-order chi connectivity index (χ0) is 16.1. The first-order valence-corrected chi connectivity index (χ1v) is 8.49. The summed E-state index contributed by atoms with van der Waals surface area (Å²) in [4.78, 5) is 4.62. The van der Waals surface area contributed by atoms with Crippen LogP contribution in [0.25, 0.3) is 22.0 Å². The van der Waals surface area contributed by atoms with E-state index in [-0.39, 0.29) is 0 Å². The van der Waals surface area contributed by atoms with Crippen LogP contribution in [0.2, 0.25) is 0 Å². The number of rotatable bonds is 6. The molecule has 116 valence electrons. The Morgan fingerprint density at radius 1 is 1.26 bits per heavy atom. The fraction of sp³-hybridized carbons (Fsp3) is 0.158. The van der Waals surface area contributed by atoms with E-state index in [1.807, 2.05) is 13.0 Å². The van der Waals surface area contributed by atoms with Gasteiger partial charge >= 0.3 is 0 Å². The van der Waals surface area contributed by atoms with Gasteiger partial charge in [-0.25, -0.2) is 4.98 Å². The highest BCUT2D eigenvalue weighted by Gasteiger charge is 2.05. The molecular formula is C19H19N3S. The largest absolute Gasteiger partial charge is 0.253 e. The summed E-state index contributed by atoms with van der Waals surface area (Å²) in [5.74, 6) is 0. The van der Waals surface area contributed by atoms with Gasteiger partial charge in [-0.2, -0.15) is 5.10 Å². The van der Waals surface area contributed by atoms with Gasteiger partial charge < -0.3 is 0 Å². The van der Waals surface area contributed by atoms with Gasteiger partial charge in [0.15, 0.2) is 0 Å². The second-order valence-corrected chi connectivity index (χ2v) is 6.24. The molecule has 0 radical (unpaired) electrons. The van der Waals surface area contributed by atoms with Crippen LogP contribution in [0.5, 0.6) is 0 Å². The lowest BCUT2D eigenvalue weighted by atomic mass is 10.1. The lowest BCUT2D eigenvalue weighted by Gasteiger charge is -2.01. The minimum absolute atomic E-state index is 0.811. The second kappa shape index (κ2) is 7.20. The lowest BCUT2D eigenvalue weighted by Crippen LogP contribution is -1.96. The molecule has 0 unspecified atom stereocenters. The van der Waals surface area contributed by atoms with Crippen LogP contribution in [0.3, 0.4) is 0 Å². The Morgan fingerprint density at radius 3 is 2.91 bits per heavy atom. The number of thiazole rings is 1. The van der Waals surface area contributed by atoms with Gasteiger partial charge in [0, 0.05) is 16.7 Å². The number of hydrogen-bond acceptors (Lipinski definition) is 4. The van der Waals surface area contributed by atoms with E-state index in [4.69, 9.17) is 0 Å². The number of nitrogens with one attached hydrogen (secondary N) is 1. The molecule has 0 bridgehead atoms. The number of allylic oxidation sites excluding steroid dienone is 1. The Balaban J connectivity index is 1.76. The van der Waals surface area contributed by atoms with Crippen molar-refractivity contribution in [2.24, 2.45) is 5.10 Å². The smallest absolute Gasteiger partial charge is 0.203 e. The molecule has 0 fully saturated rings. The topological polar surface area (TPSA) is 37.3 Å². The number of hydrogen-bond donors (Lipinski definition) is 1. The molecule has 0 aliphatic rings. The molecule has 1 N–H and O–H groups in total. The van der Waals surface area contributed by atoms with Crippen molar-refractivity contribution in [2.45, 2.75) is 19.8 Å². The van der Waals surface area contributed by atoms with E-state index >= 15 is 0 Å². The molecule has 1 aromatic heterocycles. The summed E-state index contributed by atoms with van der Waals surface area (Å²) in [6, 6.07) is 14.8. The van der Waals surface area contributed by atoms with Gasteiger partial charge in [-0.15, -0.1) is 17.9 Å². The van der Waals surface area contributed by atoms with Crippen LogP contribution in [-0.4, -0.2) is 10.7 Å². The summed E-state index contributed by atoms with van der Waals surface area (Å²) in [6.45, 7) is 5.73. The van der Waals surface area contributed by atoms with Crippen molar-refractivity contribution >= 4 is 33.0 Å². The summed E-state index contributed by atoms with van der Waals surface area (Å²) < 4.78 is 0. The first-order chi connectivity index (χ1) is 11.3. The molecule has 0 aliphatic carbocycles. The van der Waals surface area contributed by atoms with Crippen molar-refractivity contribution in [3.8, 4) is 11.3 Å². The Hall–Kier alpha value is -2.46. The van der Waals surface area contributed by atoms with Gasteiger partial charge in [0.25, 0.3) is 0 Å². The van der Waals surface area contributed by atoms with E-state index in [0.717, 1.165) is 34.9 Å². The first-order valence-electron chi connectivity index (χ1n) is 7.61. The first kappa shape index (κ1) is 15.4. The molecule has 0 amide bonds. The highest BCUT2D eigenvalue weighted by molar-refractivity contribution is 7.14. The van der Waals surface area contributed by atoms with E-state index in [1.54, 1.807) is 11.3 Å². The third kappa shape index (κ3) is 3.85. The summed E-state index contributed by atoms with van der Waals surface area (Å²) in [7, 11) is 0. The summed E-state index contributed by atoms with van der Waals surface area (Å²) in [5, 5.41) is 9.69. The molecular weight excluding hydrogens is 302 g/mol. The monoisotopic (exact) mass is 321 g/mol. The Morgan fingerprint density at radius 2 is 2.09 bits per heavy atom. The summed E-state index contributed by atoms with van der Waals surface area (Å²) >= 11 is 1.57. The predicted molar refractivity (Wildman–Crippen MR) is 101 cm³/mol. The van der Waals surface area contributed by atoms with Gasteiger partial charge in [0.1, 0.15) is 0 Å². The molecule has 0 atom stereocenters. The number of fused-ring (bicyclic) bond motifs is 1. The minimum Gasteiger partial charge on any atom is -0.253 e. The number of nitrogens with zero attached hydrogens (tertiary/aromatic N) is 2. The van der Waals surface area contributed by atoms with Crippen LogP contribution in [0.15, 0.2) is 65.6 Å². The molecule has 3 nitrogen and oxygen atoms in total. The Kier molecular flexibility index (Phi) is 4.83. The van der Waals surface area contributed by atoms with Crippen molar-refractivity contribution < 1.29 is 0 Å². The maximum Gasteiger partial charge on any atom is 0.203 e. The third-order valence-corrected chi connectivity index (χ3v) is 4.35. The van der Waals surface area contributed by atoms with E-state index in [0.29, 0.717) is 0 Å². The van der Waals surface area contributed by atoms with Crippen molar-refractivity contribution in [1.82, 2.24) is 4.98 Å². The molecule has 3 aromatic rings. The van der Waals surface area contributed by atoms with Crippen LogP contribution in [0.4, 0.5) is 5.13 Å². The third-order valence-electron chi connectivity index (χ3n) is 3.60. The normalized spacial score (nSPS) is 11.6. The van der Waals surface area contributed by atoms with E-state index in [9.17, 15) is 0 Å². The fourth-order valence-corrected chi connectivity index (χ4v) is 2.98. The van der Waals surface area contributed by atoms with Gasteiger partial charge in [0.2, 0.25) is 5.13 Å². The standard InChI is InChI=1S/C19H19N3S/c1-3-4-7-14(2)21-22-19-20-18(13-23-19)17-11-10-15-8-5-6-9-16(15)12-17/h3,5-6,8-13H,1,4,7H2,2H3,(H,20,22)/b21-14-. The van der Waals surface area contributed by atoms with Crippen molar-refractivity contribution in [3.63, 3.8) is 0 Å². The highest BCUT2D eigenvalue weighted by Crippen LogP contribution is 2.27. The molecule has 0 spiro atoms. The van der Waals surface area contributed by atoms with E-state index in [1.165, 1.54) is 10.8 Å². The molecule has 0 saturated heterocycles. The molecule has 0 aliphatic heterocycles. The average Bonchev–Trinajstić information content (AvgIpc) is 3.06. The van der Waals surface area contributed by atoms with Crippen LogP contribution >= 0.6 is 11.3 Å². The molecule has 1 heterocycles.